The van der Waals surface area contributed by atoms with Gasteiger partial charge < -0.3 is 14.8 Å². The Hall–Kier alpha value is -2.77. The van der Waals surface area contributed by atoms with Crippen molar-refractivity contribution in [2.75, 3.05) is 31.1 Å². The molecule has 0 amide bonds. The van der Waals surface area contributed by atoms with Crippen LogP contribution in [0.5, 0.6) is 0 Å². The molecule has 1 aliphatic carbocycles. The number of nitrogens with zero attached hydrogens (tertiary/aromatic N) is 3. The Morgan fingerprint density at radius 2 is 1.91 bits per heavy atom. The number of aromatic nitrogens is 1. The van der Waals surface area contributed by atoms with Gasteiger partial charge in [-0.25, -0.2) is 0 Å². The first-order valence-electron chi connectivity index (χ1n) is 12.2. The van der Waals surface area contributed by atoms with Crippen LogP contribution in [0.1, 0.15) is 67.5 Å². The molecule has 2 aromatic carbocycles. The van der Waals surface area contributed by atoms with E-state index in [-0.39, 0.29) is 5.41 Å². The van der Waals surface area contributed by atoms with Crippen LogP contribution in [0.3, 0.4) is 0 Å². The topological polar surface area (TPSA) is 46.1 Å². The Morgan fingerprint density at radius 3 is 2.72 bits per heavy atom. The van der Waals surface area contributed by atoms with Gasteiger partial charge in [-0.2, -0.15) is 5.26 Å². The van der Waals surface area contributed by atoms with E-state index in [4.69, 9.17) is 0 Å². The van der Waals surface area contributed by atoms with Crippen molar-refractivity contribution < 1.29 is 0 Å². The highest BCUT2D eigenvalue weighted by atomic mass is 15.2. The number of nitrogens with one attached hydrogen (secondary N) is 1. The molecular formula is C28H32N4. The number of likely N-dealkylation sites (tertiary alicyclic amines) is 1. The van der Waals surface area contributed by atoms with Gasteiger partial charge in [0.15, 0.2) is 0 Å². The predicted molar refractivity (Wildman–Crippen MR) is 130 cm³/mol. The van der Waals surface area contributed by atoms with Crippen LogP contribution < -0.4 is 4.90 Å². The maximum atomic E-state index is 9.32. The lowest BCUT2D eigenvalue weighted by molar-refractivity contribution is 0.314. The van der Waals surface area contributed by atoms with E-state index >= 15 is 0 Å². The molecule has 3 aromatic rings. The highest BCUT2D eigenvalue weighted by Crippen LogP contribution is 2.45. The molecule has 0 unspecified atom stereocenters. The van der Waals surface area contributed by atoms with Crippen molar-refractivity contribution in [2.24, 2.45) is 0 Å². The van der Waals surface area contributed by atoms with Gasteiger partial charge in [-0.3, -0.25) is 0 Å². The van der Waals surface area contributed by atoms with Gasteiger partial charge in [0, 0.05) is 53.3 Å². The lowest BCUT2D eigenvalue weighted by Crippen LogP contribution is -2.39. The summed E-state index contributed by atoms with van der Waals surface area (Å²) in [6.45, 7) is 9.61. The third kappa shape index (κ3) is 3.06. The van der Waals surface area contributed by atoms with E-state index in [0.29, 0.717) is 11.6 Å². The Bertz CT molecular complexity index is 1220. The molecule has 3 heterocycles. The van der Waals surface area contributed by atoms with Crippen molar-refractivity contribution in [3.05, 3.63) is 64.3 Å². The fraction of sp³-hybridized carbons (Fsp3) is 0.464. The van der Waals surface area contributed by atoms with E-state index in [2.05, 4.69) is 59.0 Å². The summed E-state index contributed by atoms with van der Waals surface area (Å²) in [6, 6.07) is 16.2. The zero-order valence-electron chi connectivity index (χ0n) is 19.2. The second-order valence-electron chi connectivity index (χ2n) is 10.5. The Balaban J connectivity index is 1.36. The van der Waals surface area contributed by atoms with Crippen LogP contribution in [0.2, 0.25) is 0 Å². The maximum absolute atomic E-state index is 9.32. The summed E-state index contributed by atoms with van der Waals surface area (Å²) in [5.74, 6) is 0. The Kier molecular flexibility index (Phi) is 4.59. The van der Waals surface area contributed by atoms with E-state index in [1.54, 1.807) is 0 Å². The van der Waals surface area contributed by atoms with Gasteiger partial charge in [0.05, 0.1) is 11.6 Å². The summed E-state index contributed by atoms with van der Waals surface area (Å²) in [5.41, 5.74) is 8.70. The summed E-state index contributed by atoms with van der Waals surface area (Å²) in [6.07, 6.45) is 6.30. The molecule has 164 valence electrons. The number of aromatic amines is 1. The largest absolute Gasteiger partial charge is 0.367 e. The number of benzene rings is 2. The normalized spacial score (nSPS) is 22.2. The van der Waals surface area contributed by atoms with Crippen molar-refractivity contribution in [1.29, 1.82) is 5.26 Å². The molecule has 0 saturated carbocycles. The van der Waals surface area contributed by atoms with Gasteiger partial charge in [0.1, 0.15) is 0 Å². The Morgan fingerprint density at radius 1 is 1.06 bits per heavy atom. The summed E-state index contributed by atoms with van der Waals surface area (Å²) in [5, 5.41) is 10.6. The van der Waals surface area contributed by atoms with Crippen LogP contribution in [0, 0.1) is 11.3 Å². The summed E-state index contributed by atoms with van der Waals surface area (Å²) < 4.78 is 0. The maximum Gasteiger partial charge on any atom is 0.0992 e. The highest BCUT2D eigenvalue weighted by Gasteiger charge is 2.36. The van der Waals surface area contributed by atoms with Gasteiger partial charge in [0.2, 0.25) is 0 Å². The van der Waals surface area contributed by atoms with Crippen molar-refractivity contribution in [3.63, 3.8) is 0 Å². The molecule has 4 nitrogen and oxygen atoms in total. The zero-order chi connectivity index (χ0) is 21.9. The van der Waals surface area contributed by atoms with E-state index in [0.717, 1.165) is 11.9 Å². The molecule has 6 rings (SSSR count). The molecule has 2 saturated heterocycles. The molecule has 2 aliphatic heterocycles. The van der Waals surface area contributed by atoms with Crippen LogP contribution in [0.4, 0.5) is 5.69 Å². The molecule has 1 aromatic heterocycles. The number of rotatable bonds is 3. The molecule has 4 heteroatoms. The number of hydrogen-bond acceptors (Lipinski definition) is 3. The first-order chi connectivity index (χ1) is 15.5. The van der Waals surface area contributed by atoms with Crippen LogP contribution in [0.15, 0.2) is 36.4 Å². The van der Waals surface area contributed by atoms with Crippen molar-refractivity contribution in [1.82, 2.24) is 9.88 Å². The molecule has 2 fully saturated rings. The molecule has 3 aliphatic rings. The smallest absolute Gasteiger partial charge is 0.0992 e. The molecule has 32 heavy (non-hydrogen) atoms. The monoisotopic (exact) mass is 424 g/mol. The van der Waals surface area contributed by atoms with Gasteiger partial charge in [0.25, 0.3) is 0 Å². The third-order valence-electron chi connectivity index (χ3n) is 8.17. The van der Waals surface area contributed by atoms with Crippen molar-refractivity contribution in [3.8, 4) is 6.07 Å². The number of hydrogen-bond donors (Lipinski definition) is 1. The Labute approximate surface area is 190 Å². The van der Waals surface area contributed by atoms with Crippen LogP contribution in [-0.4, -0.2) is 42.1 Å². The first kappa shape index (κ1) is 19.9. The number of anilines is 1. The van der Waals surface area contributed by atoms with Crippen LogP contribution >= 0.6 is 0 Å². The van der Waals surface area contributed by atoms with Gasteiger partial charge in [-0.1, -0.05) is 26.0 Å². The highest BCUT2D eigenvalue weighted by molar-refractivity contribution is 5.87. The number of nitriles is 1. The van der Waals surface area contributed by atoms with Gasteiger partial charge in [-0.15, -0.1) is 0 Å². The summed E-state index contributed by atoms with van der Waals surface area (Å²) in [4.78, 5) is 9.01. The minimum atomic E-state index is -0.0762. The average molecular weight is 425 g/mol. The second kappa shape index (κ2) is 7.39. The minimum Gasteiger partial charge on any atom is -0.367 e. The molecule has 0 bridgehead atoms. The zero-order valence-corrected chi connectivity index (χ0v) is 19.2. The molecule has 0 radical (unpaired) electrons. The SMILES string of the molecule is CC1(C)c2ccc(N3CCC[C@H]3CN3CCCC3)cc2Cc2c1[nH]c1cc(C#N)ccc21. The van der Waals surface area contributed by atoms with Crippen molar-refractivity contribution in [2.45, 2.75) is 57.4 Å². The van der Waals surface area contributed by atoms with E-state index in [9.17, 15) is 5.26 Å². The first-order valence-corrected chi connectivity index (χ1v) is 12.2. The van der Waals surface area contributed by atoms with E-state index in [1.165, 1.54) is 85.3 Å². The van der Waals surface area contributed by atoms with E-state index in [1.807, 2.05) is 12.1 Å². The molecular weight excluding hydrogens is 392 g/mol. The molecule has 0 spiro atoms. The van der Waals surface area contributed by atoms with Crippen LogP contribution in [-0.2, 0) is 11.8 Å². The van der Waals surface area contributed by atoms with Gasteiger partial charge >= 0.3 is 0 Å². The second-order valence-corrected chi connectivity index (χ2v) is 10.5. The summed E-state index contributed by atoms with van der Waals surface area (Å²) >= 11 is 0. The lowest BCUT2D eigenvalue weighted by atomic mass is 9.71. The quantitative estimate of drug-likeness (QED) is 0.618. The predicted octanol–water partition coefficient (Wildman–Crippen LogP) is 5.33. The minimum absolute atomic E-state index is 0.0762. The lowest BCUT2D eigenvalue weighted by Gasteiger charge is -2.35. The van der Waals surface area contributed by atoms with Gasteiger partial charge in [-0.05, 0) is 79.7 Å². The number of fused-ring (bicyclic) bond motifs is 4. The van der Waals surface area contributed by atoms with Crippen molar-refractivity contribution >= 4 is 16.6 Å². The summed E-state index contributed by atoms with van der Waals surface area (Å²) in [7, 11) is 0. The van der Waals surface area contributed by atoms with E-state index < -0.39 is 0 Å². The third-order valence-corrected chi connectivity index (χ3v) is 8.17. The molecule has 1 atom stereocenters. The average Bonchev–Trinajstić information content (AvgIpc) is 3.54. The fourth-order valence-corrected chi connectivity index (χ4v) is 6.51. The molecule has 1 N–H and O–H groups in total. The standard InChI is InChI=1S/C28H32N4/c1-28(2)25-10-8-21(32-13-5-6-22(32)18-31-11-3-4-12-31)15-20(25)16-24-23-9-7-19(17-29)14-26(23)30-27(24)28/h7-10,14-15,22,30H,3-6,11-13,16,18H2,1-2H3/t22-/m0/s1. The van der Waals surface area contributed by atoms with Crippen LogP contribution in [0.25, 0.3) is 10.9 Å². The fourth-order valence-electron chi connectivity index (χ4n) is 6.51. The number of H-pyrrole nitrogens is 1.